The third kappa shape index (κ3) is 4.16. The summed E-state index contributed by atoms with van der Waals surface area (Å²) in [6.07, 6.45) is 9.14. The summed E-state index contributed by atoms with van der Waals surface area (Å²) in [5.74, 6) is 1.75. The summed E-state index contributed by atoms with van der Waals surface area (Å²) in [6.45, 7) is 5.86. The van der Waals surface area contributed by atoms with Crippen molar-refractivity contribution >= 4 is 53.3 Å². The van der Waals surface area contributed by atoms with Gasteiger partial charge >= 0.3 is 0 Å². The number of piperidine rings is 1. The Bertz CT molecular complexity index is 1010. The molecule has 2 aliphatic rings. The number of aromatic amines is 1. The molecule has 2 aliphatic heterocycles. The number of halogens is 2. The summed E-state index contributed by atoms with van der Waals surface area (Å²) in [7, 11) is 0. The predicted molar refractivity (Wildman–Crippen MR) is 129 cm³/mol. The smallest absolute Gasteiger partial charge is 0.183 e. The number of aromatic nitrogens is 5. The van der Waals surface area contributed by atoms with Crippen molar-refractivity contribution in [3.05, 3.63) is 30.2 Å². The monoisotopic (exact) mass is 464 g/mol. The molecule has 1 fully saturated rings. The Morgan fingerprint density at radius 2 is 1.97 bits per heavy atom. The number of aryl methyl sites for hydroxylation is 1. The second kappa shape index (κ2) is 9.54. The summed E-state index contributed by atoms with van der Waals surface area (Å²) < 4.78 is 0. The van der Waals surface area contributed by atoms with E-state index in [-0.39, 0.29) is 30.2 Å². The third-order valence-electron chi connectivity index (χ3n) is 6.78. The fourth-order valence-corrected chi connectivity index (χ4v) is 4.65. The summed E-state index contributed by atoms with van der Waals surface area (Å²) in [4.78, 5) is 18.6. The van der Waals surface area contributed by atoms with Crippen LogP contribution in [0, 0.1) is 5.41 Å². The van der Waals surface area contributed by atoms with Gasteiger partial charge in [0.2, 0.25) is 0 Å². The van der Waals surface area contributed by atoms with Gasteiger partial charge in [0.05, 0.1) is 17.6 Å². The van der Waals surface area contributed by atoms with Gasteiger partial charge in [-0.1, -0.05) is 6.92 Å². The fraction of sp³-hybridized carbons (Fsp3) is 0.524. The molecule has 0 aliphatic carbocycles. The largest absolute Gasteiger partial charge is 0.355 e. The first kappa shape index (κ1) is 23.5. The van der Waals surface area contributed by atoms with Crippen LogP contribution < -0.4 is 15.5 Å². The Morgan fingerprint density at radius 1 is 1.16 bits per heavy atom. The quantitative estimate of drug-likeness (QED) is 0.607. The molecule has 0 aromatic carbocycles. The first-order valence-corrected chi connectivity index (χ1v) is 10.6. The molecule has 31 heavy (non-hydrogen) atoms. The maximum Gasteiger partial charge on any atom is 0.183 e. The van der Waals surface area contributed by atoms with Crippen LogP contribution in [0.5, 0.6) is 0 Å². The van der Waals surface area contributed by atoms with Crippen molar-refractivity contribution in [2.45, 2.75) is 39.0 Å². The third-order valence-corrected chi connectivity index (χ3v) is 6.78. The summed E-state index contributed by atoms with van der Waals surface area (Å²) in [5.41, 5.74) is 10.1. The number of rotatable bonds is 4. The molecule has 0 spiro atoms. The van der Waals surface area contributed by atoms with Crippen molar-refractivity contribution in [3.8, 4) is 0 Å². The number of H-pyrrole nitrogens is 1. The summed E-state index contributed by atoms with van der Waals surface area (Å²) in [6, 6.07) is 4.08. The fourth-order valence-electron chi connectivity index (χ4n) is 4.65. The van der Waals surface area contributed by atoms with Crippen molar-refractivity contribution < 1.29 is 0 Å². The standard InChI is InChI=1S/C21H28N8.2ClH/c1-2-21(14-22)7-11-28(12-8-21)17-13-24-18-19(25-17)26-27-20(18)29-10-4-5-15-16(29)6-3-9-23-15;;/h3,6,9,13H,2,4-5,7-8,10-12,14,22H2,1H3,(H,25,26,27);2*1H. The molecule has 0 radical (unpaired) electrons. The van der Waals surface area contributed by atoms with Gasteiger partial charge in [-0.25, -0.2) is 9.97 Å². The van der Waals surface area contributed by atoms with Crippen LogP contribution in [0.4, 0.5) is 17.3 Å². The van der Waals surface area contributed by atoms with Gasteiger partial charge in [0.1, 0.15) is 5.82 Å². The molecule has 1 saturated heterocycles. The van der Waals surface area contributed by atoms with Gasteiger partial charge in [-0.05, 0) is 56.2 Å². The number of pyridine rings is 1. The van der Waals surface area contributed by atoms with E-state index >= 15 is 0 Å². The van der Waals surface area contributed by atoms with Gasteiger partial charge in [0, 0.05) is 25.8 Å². The molecule has 5 rings (SSSR count). The summed E-state index contributed by atoms with van der Waals surface area (Å²) in [5, 5.41) is 7.67. The SMILES string of the molecule is CCC1(CN)CCN(c2cnc3c(N4CCCc5ncccc54)n[nH]c3n2)CC1.Cl.Cl. The molecule has 3 aromatic heterocycles. The topological polar surface area (TPSA) is 99.9 Å². The van der Waals surface area contributed by atoms with Crippen LogP contribution in [0.25, 0.3) is 11.2 Å². The van der Waals surface area contributed by atoms with Gasteiger partial charge in [-0.3, -0.25) is 10.1 Å². The van der Waals surface area contributed by atoms with E-state index in [2.05, 4.69) is 38.0 Å². The lowest BCUT2D eigenvalue weighted by Gasteiger charge is -2.41. The van der Waals surface area contributed by atoms with Gasteiger partial charge in [-0.15, -0.1) is 24.8 Å². The van der Waals surface area contributed by atoms with Crippen LogP contribution in [0.1, 0.15) is 38.3 Å². The van der Waals surface area contributed by atoms with Gasteiger partial charge in [-0.2, -0.15) is 5.10 Å². The number of hydrogen-bond acceptors (Lipinski definition) is 7. The first-order valence-electron chi connectivity index (χ1n) is 10.6. The molecule has 10 heteroatoms. The zero-order chi connectivity index (χ0) is 19.8. The average molecular weight is 465 g/mol. The minimum atomic E-state index is 0. The van der Waals surface area contributed by atoms with E-state index in [0.717, 1.165) is 92.5 Å². The first-order chi connectivity index (χ1) is 14.2. The molecule has 0 unspecified atom stereocenters. The van der Waals surface area contributed by atoms with E-state index in [1.54, 1.807) is 0 Å². The van der Waals surface area contributed by atoms with Crippen molar-refractivity contribution in [3.63, 3.8) is 0 Å². The Balaban J connectivity index is 0.00000136. The molecule has 168 valence electrons. The van der Waals surface area contributed by atoms with E-state index in [4.69, 9.17) is 15.7 Å². The highest BCUT2D eigenvalue weighted by Crippen LogP contribution is 2.36. The molecule has 3 aromatic rings. The van der Waals surface area contributed by atoms with Crippen LogP contribution in [0.2, 0.25) is 0 Å². The van der Waals surface area contributed by atoms with E-state index in [1.165, 1.54) is 0 Å². The Hall–Kier alpha value is -2.16. The highest BCUT2D eigenvalue weighted by atomic mass is 35.5. The molecule has 0 saturated carbocycles. The van der Waals surface area contributed by atoms with E-state index in [9.17, 15) is 0 Å². The lowest BCUT2D eigenvalue weighted by molar-refractivity contribution is 0.218. The van der Waals surface area contributed by atoms with Crippen molar-refractivity contribution in [2.24, 2.45) is 11.1 Å². The lowest BCUT2D eigenvalue weighted by Crippen LogP contribution is -2.44. The molecule has 3 N–H and O–H groups in total. The molecule has 0 bridgehead atoms. The van der Waals surface area contributed by atoms with Crippen molar-refractivity contribution in [1.29, 1.82) is 0 Å². The van der Waals surface area contributed by atoms with Crippen molar-refractivity contribution in [2.75, 3.05) is 36.0 Å². The highest BCUT2D eigenvalue weighted by Gasteiger charge is 2.32. The lowest BCUT2D eigenvalue weighted by atomic mass is 9.76. The van der Waals surface area contributed by atoms with Crippen LogP contribution in [-0.4, -0.2) is 51.3 Å². The van der Waals surface area contributed by atoms with Gasteiger partial charge in [0.15, 0.2) is 17.0 Å². The van der Waals surface area contributed by atoms with Crippen molar-refractivity contribution in [1.82, 2.24) is 25.1 Å². The zero-order valence-electron chi connectivity index (χ0n) is 17.8. The average Bonchev–Trinajstić information content (AvgIpc) is 3.22. The molecular formula is C21H30Cl2N8. The minimum absolute atomic E-state index is 0. The number of nitrogens with zero attached hydrogens (tertiary/aromatic N) is 6. The maximum absolute atomic E-state index is 6.05. The van der Waals surface area contributed by atoms with Gasteiger partial charge < -0.3 is 15.5 Å². The van der Waals surface area contributed by atoms with Crippen LogP contribution >= 0.6 is 24.8 Å². The molecule has 0 amide bonds. The van der Waals surface area contributed by atoms with Crippen LogP contribution in [0.3, 0.4) is 0 Å². The number of nitrogens with two attached hydrogens (primary N) is 1. The Kier molecular flexibility index (Phi) is 7.24. The predicted octanol–water partition coefficient (Wildman–Crippen LogP) is 3.63. The molecule has 8 nitrogen and oxygen atoms in total. The molecule has 0 atom stereocenters. The second-order valence-electron chi connectivity index (χ2n) is 8.24. The van der Waals surface area contributed by atoms with E-state index in [0.29, 0.717) is 0 Å². The van der Waals surface area contributed by atoms with E-state index in [1.807, 2.05) is 18.5 Å². The van der Waals surface area contributed by atoms with Crippen LogP contribution in [-0.2, 0) is 6.42 Å². The van der Waals surface area contributed by atoms with Crippen LogP contribution in [0.15, 0.2) is 24.5 Å². The number of hydrogen-bond donors (Lipinski definition) is 2. The number of fused-ring (bicyclic) bond motifs is 2. The number of anilines is 3. The Morgan fingerprint density at radius 3 is 2.71 bits per heavy atom. The maximum atomic E-state index is 6.05. The zero-order valence-corrected chi connectivity index (χ0v) is 19.4. The molecular weight excluding hydrogens is 435 g/mol. The minimum Gasteiger partial charge on any atom is -0.355 e. The summed E-state index contributed by atoms with van der Waals surface area (Å²) >= 11 is 0. The number of nitrogens with one attached hydrogen (secondary N) is 1. The molecule has 5 heterocycles. The van der Waals surface area contributed by atoms with Gasteiger partial charge in [0.25, 0.3) is 0 Å². The Labute approximate surface area is 194 Å². The second-order valence-corrected chi connectivity index (χ2v) is 8.24. The normalized spacial score (nSPS) is 17.6. The highest BCUT2D eigenvalue weighted by molar-refractivity contribution is 5.87. The van der Waals surface area contributed by atoms with E-state index < -0.39 is 0 Å².